The first-order valence-corrected chi connectivity index (χ1v) is 7.24. The average molecular weight is 293 g/mol. The van der Waals surface area contributed by atoms with E-state index in [1.165, 1.54) is 0 Å². The van der Waals surface area contributed by atoms with Crippen LogP contribution in [0, 0.1) is 13.8 Å². The lowest BCUT2D eigenvalue weighted by Crippen LogP contribution is -2.46. The topological polar surface area (TPSA) is 67.8 Å². The minimum absolute atomic E-state index is 0.0349. The fourth-order valence-corrected chi connectivity index (χ4v) is 2.60. The summed E-state index contributed by atoms with van der Waals surface area (Å²) in [6, 6.07) is 5.77. The Kier molecular flexibility index (Phi) is 5.33. The van der Waals surface area contributed by atoms with Crippen molar-refractivity contribution in [2.45, 2.75) is 25.9 Å². The largest absolute Gasteiger partial charge is 0.394 e. The maximum atomic E-state index is 12.3. The SMILES string of the molecule is Cc1cc(C)cc(C(=O)NCC2(OCCO)CCOC2)c1. The molecule has 1 saturated heterocycles. The minimum atomic E-state index is -0.517. The van der Waals surface area contributed by atoms with Crippen LogP contribution in [-0.4, -0.2) is 49.6 Å². The molecular weight excluding hydrogens is 270 g/mol. The van der Waals surface area contributed by atoms with Crippen LogP contribution in [0.25, 0.3) is 0 Å². The molecule has 1 unspecified atom stereocenters. The lowest BCUT2D eigenvalue weighted by Gasteiger charge is -2.27. The molecule has 1 heterocycles. The van der Waals surface area contributed by atoms with Crippen molar-refractivity contribution >= 4 is 5.91 Å². The van der Waals surface area contributed by atoms with Gasteiger partial charge < -0.3 is 19.9 Å². The van der Waals surface area contributed by atoms with Crippen LogP contribution < -0.4 is 5.32 Å². The summed E-state index contributed by atoms with van der Waals surface area (Å²) in [7, 11) is 0. The van der Waals surface area contributed by atoms with Gasteiger partial charge in [-0.3, -0.25) is 4.79 Å². The van der Waals surface area contributed by atoms with Crippen molar-refractivity contribution in [3.8, 4) is 0 Å². The van der Waals surface area contributed by atoms with Gasteiger partial charge in [-0.05, 0) is 26.0 Å². The first kappa shape index (κ1) is 15.9. The molecule has 21 heavy (non-hydrogen) atoms. The number of amides is 1. The number of aliphatic hydroxyl groups is 1. The number of aliphatic hydroxyl groups excluding tert-OH is 1. The maximum absolute atomic E-state index is 12.3. The molecule has 0 bridgehead atoms. The third kappa shape index (κ3) is 4.27. The predicted molar refractivity (Wildman–Crippen MR) is 79.5 cm³/mol. The van der Waals surface area contributed by atoms with Crippen LogP contribution in [0.3, 0.4) is 0 Å². The van der Waals surface area contributed by atoms with E-state index in [1.54, 1.807) is 0 Å². The van der Waals surface area contributed by atoms with Gasteiger partial charge in [0.15, 0.2) is 0 Å². The monoisotopic (exact) mass is 293 g/mol. The molecule has 5 nitrogen and oxygen atoms in total. The lowest BCUT2D eigenvalue weighted by atomic mass is 10.0. The highest BCUT2D eigenvalue weighted by Gasteiger charge is 2.36. The fraction of sp³-hybridized carbons (Fsp3) is 0.562. The zero-order valence-corrected chi connectivity index (χ0v) is 12.6. The van der Waals surface area contributed by atoms with Crippen molar-refractivity contribution in [2.24, 2.45) is 0 Å². The average Bonchev–Trinajstić information content (AvgIpc) is 2.91. The van der Waals surface area contributed by atoms with Gasteiger partial charge in [-0.1, -0.05) is 17.2 Å². The first-order valence-electron chi connectivity index (χ1n) is 7.24. The van der Waals surface area contributed by atoms with E-state index in [1.807, 2.05) is 32.0 Å². The van der Waals surface area contributed by atoms with E-state index in [4.69, 9.17) is 14.6 Å². The summed E-state index contributed by atoms with van der Waals surface area (Å²) in [4.78, 5) is 12.3. The minimum Gasteiger partial charge on any atom is -0.394 e. The summed E-state index contributed by atoms with van der Waals surface area (Å²) in [6.07, 6.45) is 0.722. The molecule has 0 saturated carbocycles. The van der Waals surface area contributed by atoms with Crippen LogP contribution in [0.4, 0.5) is 0 Å². The van der Waals surface area contributed by atoms with Crippen molar-refractivity contribution < 1.29 is 19.4 Å². The van der Waals surface area contributed by atoms with E-state index >= 15 is 0 Å². The fourth-order valence-electron chi connectivity index (χ4n) is 2.60. The summed E-state index contributed by atoms with van der Waals surface area (Å²) in [5.74, 6) is -0.110. The van der Waals surface area contributed by atoms with Gasteiger partial charge in [0.05, 0.1) is 19.8 Å². The van der Waals surface area contributed by atoms with E-state index in [9.17, 15) is 4.79 Å². The second kappa shape index (κ2) is 7.02. The molecule has 1 amide bonds. The number of rotatable bonds is 6. The summed E-state index contributed by atoms with van der Waals surface area (Å²) < 4.78 is 11.1. The second-order valence-electron chi connectivity index (χ2n) is 5.62. The number of ether oxygens (including phenoxy) is 2. The molecule has 1 aliphatic heterocycles. The summed E-state index contributed by atoms with van der Waals surface area (Å²) in [5.41, 5.74) is 2.27. The van der Waals surface area contributed by atoms with Gasteiger partial charge in [-0.2, -0.15) is 0 Å². The molecule has 0 aliphatic carbocycles. The molecule has 2 rings (SSSR count). The standard InChI is InChI=1S/C16H23NO4/c1-12-7-13(2)9-14(8-12)15(19)17-10-16(21-6-4-18)3-5-20-11-16/h7-9,18H,3-6,10-11H2,1-2H3,(H,17,19). The van der Waals surface area contributed by atoms with E-state index in [0.29, 0.717) is 25.3 Å². The summed E-state index contributed by atoms with van der Waals surface area (Å²) in [6.45, 7) is 5.61. The Morgan fingerprint density at radius 2 is 2.10 bits per heavy atom. The number of carbonyl (C=O) groups is 1. The van der Waals surface area contributed by atoms with Crippen LogP contribution in [0.2, 0.25) is 0 Å². The first-order chi connectivity index (χ1) is 10.0. The number of hydrogen-bond acceptors (Lipinski definition) is 4. The number of carbonyl (C=O) groups excluding carboxylic acids is 1. The molecule has 1 aromatic carbocycles. The van der Waals surface area contributed by atoms with Gasteiger partial charge >= 0.3 is 0 Å². The van der Waals surface area contributed by atoms with Crippen molar-refractivity contribution in [2.75, 3.05) is 33.0 Å². The Labute approximate surface area is 125 Å². The number of benzene rings is 1. The molecule has 1 aliphatic rings. The Morgan fingerprint density at radius 3 is 2.67 bits per heavy atom. The van der Waals surface area contributed by atoms with E-state index in [2.05, 4.69) is 5.32 Å². The van der Waals surface area contributed by atoms with Crippen LogP contribution in [-0.2, 0) is 9.47 Å². The Balaban J connectivity index is 1.98. The van der Waals surface area contributed by atoms with Crippen LogP contribution in [0.15, 0.2) is 18.2 Å². The Bertz CT molecular complexity index is 475. The highest BCUT2D eigenvalue weighted by Crippen LogP contribution is 2.22. The molecule has 5 heteroatoms. The molecule has 116 valence electrons. The molecule has 0 spiro atoms. The number of nitrogens with one attached hydrogen (secondary N) is 1. The molecule has 0 radical (unpaired) electrons. The molecule has 0 aromatic heterocycles. The van der Waals surface area contributed by atoms with Gasteiger partial charge in [0.25, 0.3) is 5.91 Å². The maximum Gasteiger partial charge on any atom is 0.251 e. The molecular formula is C16H23NO4. The summed E-state index contributed by atoms with van der Waals surface area (Å²) >= 11 is 0. The van der Waals surface area contributed by atoms with Gasteiger partial charge in [-0.15, -0.1) is 0 Å². The van der Waals surface area contributed by atoms with Crippen LogP contribution >= 0.6 is 0 Å². The van der Waals surface area contributed by atoms with Crippen LogP contribution in [0.1, 0.15) is 27.9 Å². The zero-order valence-electron chi connectivity index (χ0n) is 12.6. The van der Waals surface area contributed by atoms with Crippen LogP contribution in [0.5, 0.6) is 0 Å². The lowest BCUT2D eigenvalue weighted by molar-refractivity contribution is -0.0582. The van der Waals surface area contributed by atoms with Gasteiger partial charge in [0.1, 0.15) is 5.60 Å². The highest BCUT2D eigenvalue weighted by molar-refractivity contribution is 5.94. The van der Waals surface area contributed by atoms with Crippen molar-refractivity contribution in [3.05, 3.63) is 34.9 Å². The smallest absolute Gasteiger partial charge is 0.251 e. The van der Waals surface area contributed by atoms with E-state index < -0.39 is 5.60 Å². The zero-order chi connectivity index (χ0) is 15.3. The molecule has 1 aromatic rings. The van der Waals surface area contributed by atoms with Crippen molar-refractivity contribution in [1.82, 2.24) is 5.32 Å². The van der Waals surface area contributed by atoms with Gasteiger partial charge in [0.2, 0.25) is 0 Å². The van der Waals surface area contributed by atoms with E-state index in [-0.39, 0.29) is 19.1 Å². The Hall–Kier alpha value is -1.43. The molecule has 2 N–H and O–H groups in total. The van der Waals surface area contributed by atoms with Gasteiger partial charge in [0, 0.05) is 25.1 Å². The quantitative estimate of drug-likeness (QED) is 0.827. The number of aryl methyl sites for hydroxylation is 2. The van der Waals surface area contributed by atoms with Gasteiger partial charge in [-0.25, -0.2) is 0 Å². The van der Waals surface area contributed by atoms with Crippen molar-refractivity contribution in [1.29, 1.82) is 0 Å². The van der Waals surface area contributed by atoms with E-state index in [0.717, 1.165) is 17.5 Å². The number of hydrogen-bond donors (Lipinski definition) is 2. The third-order valence-electron chi connectivity index (χ3n) is 3.62. The Morgan fingerprint density at radius 1 is 1.38 bits per heavy atom. The van der Waals surface area contributed by atoms with Crippen molar-refractivity contribution in [3.63, 3.8) is 0 Å². The molecule has 1 atom stereocenters. The predicted octanol–water partition coefficient (Wildman–Crippen LogP) is 1.20. The third-order valence-corrected chi connectivity index (χ3v) is 3.62. The second-order valence-corrected chi connectivity index (χ2v) is 5.62. The molecule has 1 fully saturated rings. The summed E-state index contributed by atoms with van der Waals surface area (Å²) in [5, 5.41) is 11.8. The normalized spacial score (nSPS) is 21.5. The highest BCUT2D eigenvalue weighted by atomic mass is 16.6.